The Labute approximate surface area is 228 Å². The summed E-state index contributed by atoms with van der Waals surface area (Å²) in [5.74, 6) is 0.289. The van der Waals surface area contributed by atoms with Crippen LogP contribution in [0.3, 0.4) is 0 Å². The molecule has 0 aromatic heterocycles. The lowest BCUT2D eigenvalue weighted by molar-refractivity contribution is -0.142. The molecule has 38 heavy (non-hydrogen) atoms. The third-order valence-corrected chi connectivity index (χ3v) is 7.24. The number of aryl methyl sites for hydroxylation is 2. The number of rotatable bonds is 12. The molecule has 210 valence electrons. The molecule has 0 fully saturated rings. The molecule has 1 atom stereocenters. The number of ether oxygens (including phenoxy) is 1. The van der Waals surface area contributed by atoms with E-state index in [1.165, 1.54) is 10.6 Å². The predicted octanol–water partition coefficient (Wildman–Crippen LogP) is 4.58. The molecule has 8 nitrogen and oxygen atoms in total. The number of carbonyl (C=O) groups excluding carboxylic acids is 2. The van der Waals surface area contributed by atoms with Crippen LogP contribution in [0.1, 0.15) is 63.6 Å². The smallest absolute Gasteiger partial charge is 0.243 e. The number of carbonyl (C=O) groups is 2. The van der Waals surface area contributed by atoms with Crippen LogP contribution in [0.4, 0.5) is 5.69 Å². The number of sulfonamides is 1. The van der Waals surface area contributed by atoms with Gasteiger partial charge in [0.25, 0.3) is 0 Å². The van der Waals surface area contributed by atoms with Gasteiger partial charge in [0.15, 0.2) is 0 Å². The Morgan fingerprint density at radius 2 is 1.61 bits per heavy atom. The van der Waals surface area contributed by atoms with Gasteiger partial charge in [-0.1, -0.05) is 25.1 Å². The summed E-state index contributed by atoms with van der Waals surface area (Å²) in [6.45, 7) is 11.9. The number of benzene rings is 2. The van der Waals surface area contributed by atoms with Gasteiger partial charge in [0.05, 0.1) is 19.1 Å². The highest BCUT2D eigenvalue weighted by Crippen LogP contribution is 2.23. The molecular formula is C29H43N3O5S. The maximum atomic E-state index is 13.6. The van der Waals surface area contributed by atoms with E-state index in [-0.39, 0.29) is 31.3 Å². The third-order valence-electron chi connectivity index (χ3n) is 6.04. The minimum Gasteiger partial charge on any atom is -0.497 e. The Hall–Kier alpha value is -3.07. The van der Waals surface area contributed by atoms with Crippen molar-refractivity contribution < 1.29 is 22.7 Å². The Morgan fingerprint density at radius 3 is 2.08 bits per heavy atom. The standard InChI is InChI=1S/C29H43N3O5S/c1-9-26(28(34)30-29(4,5)6)31(20-23-12-14-25(37-7)15-13-23)27(33)11-10-16-32(38(8,35)36)24-18-21(2)17-22(3)19-24/h12-15,17-19,26H,9-11,16,20H2,1-8H3,(H,30,34)/t26-/m0/s1. The van der Waals surface area contributed by atoms with Crippen LogP contribution >= 0.6 is 0 Å². The summed E-state index contributed by atoms with van der Waals surface area (Å²) in [4.78, 5) is 28.3. The molecule has 0 heterocycles. The van der Waals surface area contributed by atoms with Crippen LogP contribution in [0.15, 0.2) is 42.5 Å². The molecule has 1 N–H and O–H groups in total. The Bertz CT molecular complexity index is 1180. The van der Waals surface area contributed by atoms with Crippen molar-refractivity contribution in [1.29, 1.82) is 0 Å². The van der Waals surface area contributed by atoms with Gasteiger partial charge in [0.2, 0.25) is 21.8 Å². The zero-order valence-electron chi connectivity index (χ0n) is 24.0. The highest BCUT2D eigenvalue weighted by atomic mass is 32.2. The largest absolute Gasteiger partial charge is 0.497 e. The second-order valence-corrected chi connectivity index (χ2v) is 12.7. The zero-order chi connectivity index (χ0) is 28.7. The highest BCUT2D eigenvalue weighted by molar-refractivity contribution is 7.92. The number of anilines is 1. The van der Waals surface area contributed by atoms with Gasteiger partial charge in [-0.05, 0) is 88.4 Å². The zero-order valence-corrected chi connectivity index (χ0v) is 24.8. The van der Waals surface area contributed by atoms with Crippen LogP contribution < -0.4 is 14.4 Å². The van der Waals surface area contributed by atoms with Crippen molar-refractivity contribution in [1.82, 2.24) is 10.2 Å². The summed E-state index contributed by atoms with van der Waals surface area (Å²) < 4.78 is 31.8. The fourth-order valence-electron chi connectivity index (χ4n) is 4.40. The summed E-state index contributed by atoms with van der Waals surface area (Å²) >= 11 is 0. The summed E-state index contributed by atoms with van der Waals surface area (Å²) in [7, 11) is -1.96. The maximum absolute atomic E-state index is 13.6. The first kappa shape index (κ1) is 31.1. The molecule has 0 unspecified atom stereocenters. The van der Waals surface area contributed by atoms with E-state index in [4.69, 9.17) is 4.74 Å². The maximum Gasteiger partial charge on any atom is 0.243 e. The molecule has 0 aliphatic heterocycles. The van der Waals surface area contributed by atoms with E-state index in [0.717, 1.165) is 16.7 Å². The van der Waals surface area contributed by atoms with Crippen molar-refractivity contribution >= 4 is 27.5 Å². The average molecular weight is 546 g/mol. The minimum absolute atomic E-state index is 0.103. The van der Waals surface area contributed by atoms with Gasteiger partial charge in [0, 0.05) is 25.0 Å². The minimum atomic E-state index is -3.55. The van der Waals surface area contributed by atoms with Crippen LogP contribution in [-0.4, -0.2) is 56.6 Å². The summed E-state index contributed by atoms with van der Waals surface area (Å²) in [6.07, 6.45) is 2.04. The summed E-state index contributed by atoms with van der Waals surface area (Å²) in [6, 6.07) is 12.4. The molecule has 0 bridgehead atoms. The molecule has 0 saturated carbocycles. The van der Waals surface area contributed by atoms with Gasteiger partial charge in [-0.2, -0.15) is 0 Å². The van der Waals surface area contributed by atoms with Crippen molar-refractivity contribution in [2.24, 2.45) is 0 Å². The van der Waals surface area contributed by atoms with Crippen LogP contribution in [0.25, 0.3) is 0 Å². The van der Waals surface area contributed by atoms with Crippen molar-refractivity contribution in [3.8, 4) is 5.75 Å². The molecule has 0 saturated heterocycles. The molecular weight excluding hydrogens is 502 g/mol. The van der Waals surface area contributed by atoms with Crippen molar-refractivity contribution in [2.75, 3.05) is 24.2 Å². The van der Waals surface area contributed by atoms with E-state index >= 15 is 0 Å². The Balaban J connectivity index is 2.27. The summed E-state index contributed by atoms with van der Waals surface area (Å²) in [5, 5.41) is 3.00. The molecule has 0 spiro atoms. The van der Waals surface area contributed by atoms with Crippen LogP contribution in [0.5, 0.6) is 5.75 Å². The average Bonchev–Trinajstić information content (AvgIpc) is 2.79. The lowest BCUT2D eigenvalue weighted by Crippen LogP contribution is -2.53. The molecule has 2 amide bonds. The van der Waals surface area contributed by atoms with E-state index in [9.17, 15) is 18.0 Å². The summed E-state index contributed by atoms with van der Waals surface area (Å²) in [5.41, 5.74) is 2.94. The van der Waals surface area contributed by atoms with Gasteiger partial charge in [-0.15, -0.1) is 0 Å². The second-order valence-electron chi connectivity index (χ2n) is 10.8. The first-order chi connectivity index (χ1) is 17.6. The van der Waals surface area contributed by atoms with Crippen molar-refractivity contribution in [3.63, 3.8) is 0 Å². The first-order valence-corrected chi connectivity index (χ1v) is 14.8. The van der Waals surface area contributed by atoms with Gasteiger partial charge < -0.3 is 15.0 Å². The molecule has 0 aliphatic rings. The first-order valence-electron chi connectivity index (χ1n) is 12.9. The van der Waals surface area contributed by atoms with Gasteiger partial charge in [-0.3, -0.25) is 13.9 Å². The van der Waals surface area contributed by atoms with E-state index < -0.39 is 21.6 Å². The van der Waals surface area contributed by atoms with Gasteiger partial charge in [0.1, 0.15) is 11.8 Å². The van der Waals surface area contributed by atoms with Crippen molar-refractivity contribution in [2.45, 2.75) is 78.9 Å². The van der Waals surface area contributed by atoms with Crippen LogP contribution in [-0.2, 0) is 26.2 Å². The van der Waals surface area contributed by atoms with Crippen molar-refractivity contribution in [3.05, 3.63) is 59.2 Å². The molecule has 2 aromatic carbocycles. The lowest BCUT2D eigenvalue weighted by atomic mass is 10.0. The number of methoxy groups -OCH3 is 1. The quantitative estimate of drug-likeness (QED) is 0.421. The van der Waals surface area contributed by atoms with E-state index in [1.54, 1.807) is 12.0 Å². The predicted molar refractivity (Wildman–Crippen MR) is 153 cm³/mol. The number of hydrogen-bond donors (Lipinski definition) is 1. The van der Waals surface area contributed by atoms with E-state index in [1.807, 2.05) is 84.0 Å². The fourth-order valence-corrected chi connectivity index (χ4v) is 5.35. The topological polar surface area (TPSA) is 96.0 Å². The van der Waals surface area contributed by atoms with Crippen LogP contribution in [0, 0.1) is 13.8 Å². The van der Waals surface area contributed by atoms with E-state index in [0.29, 0.717) is 24.3 Å². The van der Waals surface area contributed by atoms with E-state index in [2.05, 4.69) is 5.32 Å². The number of amides is 2. The van der Waals surface area contributed by atoms with Crippen LogP contribution in [0.2, 0.25) is 0 Å². The lowest BCUT2D eigenvalue weighted by Gasteiger charge is -2.33. The molecule has 0 aliphatic carbocycles. The molecule has 9 heteroatoms. The molecule has 2 aromatic rings. The van der Waals surface area contributed by atoms with Gasteiger partial charge >= 0.3 is 0 Å². The second kappa shape index (κ2) is 13.1. The number of nitrogens with zero attached hydrogens (tertiary/aromatic N) is 2. The normalized spacial score (nSPS) is 12.5. The molecule has 0 radical (unpaired) electrons. The fraction of sp³-hybridized carbons (Fsp3) is 0.517. The number of hydrogen-bond acceptors (Lipinski definition) is 5. The monoisotopic (exact) mass is 545 g/mol. The SMILES string of the molecule is CC[C@@H](C(=O)NC(C)(C)C)N(Cc1ccc(OC)cc1)C(=O)CCCN(c1cc(C)cc(C)c1)S(C)(=O)=O. The highest BCUT2D eigenvalue weighted by Gasteiger charge is 2.30. The molecule has 2 rings (SSSR count). The number of nitrogens with one attached hydrogen (secondary N) is 1. The third kappa shape index (κ3) is 9.35. The Morgan fingerprint density at radius 1 is 1.03 bits per heavy atom. The Kier molecular flexibility index (Phi) is 10.8. The van der Waals surface area contributed by atoms with Gasteiger partial charge in [-0.25, -0.2) is 8.42 Å².